The van der Waals surface area contributed by atoms with E-state index in [1.165, 1.54) is 22.3 Å². The number of hydrogen-bond donors (Lipinski definition) is 0. The zero-order chi connectivity index (χ0) is 12.8. The van der Waals surface area contributed by atoms with Crippen molar-refractivity contribution in [1.82, 2.24) is 0 Å². The summed E-state index contributed by atoms with van der Waals surface area (Å²) in [5, 5.41) is 8.95. The van der Waals surface area contributed by atoms with Gasteiger partial charge in [0.05, 0.1) is 12.0 Å². The van der Waals surface area contributed by atoms with Gasteiger partial charge in [0.25, 0.3) is 0 Å². The van der Waals surface area contributed by atoms with Crippen molar-refractivity contribution in [1.29, 1.82) is 5.26 Å². The second-order valence-electron chi connectivity index (χ2n) is 6.35. The maximum atomic E-state index is 8.95. The third kappa shape index (κ3) is 2.22. The monoisotopic (exact) mass is 227 g/mol. The highest BCUT2D eigenvalue weighted by Crippen LogP contribution is 2.49. The molecule has 1 heteroatoms. The number of hydrogen-bond acceptors (Lipinski definition) is 1. The molecule has 0 amide bonds. The maximum absolute atomic E-state index is 8.95. The Morgan fingerprint density at radius 2 is 1.71 bits per heavy atom. The molecule has 17 heavy (non-hydrogen) atoms. The Bertz CT molecular complexity index is 462. The molecular weight excluding hydrogens is 206 g/mol. The number of aryl methyl sites for hydroxylation is 2. The van der Waals surface area contributed by atoms with Crippen LogP contribution in [0.1, 0.15) is 55.4 Å². The van der Waals surface area contributed by atoms with Crippen LogP contribution in [0.4, 0.5) is 0 Å². The molecule has 0 heterocycles. The van der Waals surface area contributed by atoms with Crippen molar-refractivity contribution in [2.75, 3.05) is 0 Å². The average Bonchev–Trinajstić information content (AvgIpc) is 2.94. The van der Waals surface area contributed by atoms with Gasteiger partial charge in [-0.15, -0.1) is 0 Å². The topological polar surface area (TPSA) is 23.8 Å². The Balaban J connectivity index is 2.42. The molecular formula is C16H21N. The van der Waals surface area contributed by atoms with Crippen LogP contribution >= 0.6 is 0 Å². The minimum absolute atomic E-state index is 0.201. The van der Waals surface area contributed by atoms with E-state index in [0.717, 1.165) is 6.42 Å². The number of benzene rings is 1. The molecule has 0 aliphatic heterocycles. The Morgan fingerprint density at radius 1 is 1.18 bits per heavy atom. The minimum Gasteiger partial charge on any atom is -0.198 e. The van der Waals surface area contributed by atoms with E-state index in [1.807, 2.05) is 0 Å². The lowest BCUT2D eigenvalue weighted by atomic mass is 9.83. The van der Waals surface area contributed by atoms with E-state index in [2.05, 4.69) is 52.8 Å². The van der Waals surface area contributed by atoms with Gasteiger partial charge in [0.2, 0.25) is 0 Å². The Labute approximate surface area is 104 Å². The molecule has 1 aromatic rings. The first kappa shape index (κ1) is 12.2. The molecule has 1 saturated carbocycles. The molecule has 1 nitrogen and oxygen atoms in total. The van der Waals surface area contributed by atoms with Crippen LogP contribution in [0, 0.1) is 31.1 Å². The standard InChI is InChI=1S/C16H21N/c1-10-6-13(16(3,4)5)7-11(2)15(10)14-8-12(14)9-17/h6-7,12,14H,8H2,1-5H3. The molecule has 0 radical (unpaired) electrons. The molecule has 90 valence electrons. The summed E-state index contributed by atoms with van der Waals surface area (Å²) >= 11 is 0. The molecule has 0 bridgehead atoms. The largest absolute Gasteiger partial charge is 0.198 e. The molecule has 0 spiro atoms. The van der Waals surface area contributed by atoms with Crippen LogP contribution in [0.25, 0.3) is 0 Å². The van der Waals surface area contributed by atoms with Crippen LogP contribution in [0.5, 0.6) is 0 Å². The Morgan fingerprint density at radius 3 is 2.06 bits per heavy atom. The molecule has 1 fully saturated rings. The predicted molar refractivity (Wildman–Crippen MR) is 71.1 cm³/mol. The van der Waals surface area contributed by atoms with Gasteiger partial charge in [0.1, 0.15) is 0 Å². The van der Waals surface area contributed by atoms with Gasteiger partial charge in [0.15, 0.2) is 0 Å². The van der Waals surface area contributed by atoms with Gasteiger partial charge in [-0.1, -0.05) is 32.9 Å². The summed E-state index contributed by atoms with van der Waals surface area (Å²) in [6.45, 7) is 11.1. The van der Waals surface area contributed by atoms with E-state index in [-0.39, 0.29) is 11.3 Å². The van der Waals surface area contributed by atoms with Gasteiger partial charge in [-0.05, 0) is 47.9 Å². The molecule has 0 N–H and O–H groups in total. The summed E-state index contributed by atoms with van der Waals surface area (Å²) in [5.41, 5.74) is 5.73. The van der Waals surface area contributed by atoms with E-state index in [4.69, 9.17) is 5.26 Å². The number of rotatable bonds is 1. The van der Waals surface area contributed by atoms with Crippen LogP contribution in [0.2, 0.25) is 0 Å². The van der Waals surface area contributed by atoms with Crippen molar-refractivity contribution in [3.63, 3.8) is 0 Å². The van der Waals surface area contributed by atoms with E-state index in [9.17, 15) is 0 Å². The molecule has 2 rings (SSSR count). The molecule has 0 aromatic heterocycles. The molecule has 1 aliphatic rings. The number of nitriles is 1. The second kappa shape index (κ2) is 3.88. The summed E-state index contributed by atoms with van der Waals surface area (Å²) in [5.74, 6) is 0.752. The van der Waals surface area contributed by atoms with Crippen molar-refractivity contribution in [2.45, 2.75) is 52.4 Å². The lowest BCUT2D eigenvalue weighted by Gasteiger charge is -2.22. The smallest absolute Gasteiger partial charge is 0.0662 e. The van der Waals surface area contributed by atoms with Gasteiger partial charge >= 0.3 is 0 Å². The number of nitrogens with zero attached hydrogens (tertiary/aromatic N) is 1. The van der Waals surface area contributed by atoms with Gasteiger partial charge in [-0.25, -0.2) is 0 Å². The zero-order valence-electron chi connectivity index (χ0n) is 11.5. The van der Waals surface area contributed by atoms with Crippen LogP contribution in [0.15, 0.2) is 12.1 Å². The molecule has 1 aromatic carbocycles. The summed E-state index contributed by atoms with van der Waals surface area (Å²) in [4.78, 5) is 0. The van der Waals surface area contributed by atoms with Crippen LogP contribution in [0.3, 0.4) is 0 Å². The van der Waals surface area contributed by atoms with Crippen LogP contribution in [-0.2, 0) is 5.41 Å². The Hall–Kier alpha value is -1.29. The second-order valence-corrected chi connectivity index (χ2v) is 6.35. The molecule has 1 aliphatic carbocycles. The fourth-order valence-electron chi connectivity index (χ4n) is 2.65. The van der Waals surface area contributed by atoms with Gasteiger partial charge < -0.3 is 0 Å². The quantitative estimate of drug-likeness (QED) is 0.704. The van der Waals surface area contributed by atoms with Crippen molar-refractivity contribution >= 4 is 0 Å². The summed E-state index contributed by atoms with van der Waals surface area (Å²) < 4.78 is 0. The highest BCUT2D eigenvalue weighted by molar-refractivity contribution is 5.45. The maximum Gasteiger partial charge on any atom is 0.0662 e. The highest BCUT2D eigenvalue weighted by Gasteiger charge is 2.40. The van der Waals surface area contributed by atoms with Crippen molar-refractivity contribution in [2.24, 2.45) is 5.92 Å². The van der Waals surface area contributed by atoms with E-state index < -0.39 is 0 Å². The van der Waals surface area contributed by atoms with Gasteiger partial charge in [-0.3, -0.25) is 0 Å². The van der Waals surface area contributed by atoms with Crippen molar-refractivity contribution in [3.8, 4) is 6.07 Å². The molecule has 0 saturated heterocycles. The normalized spacial score (nSPS) is 23.3. The van der Waals surface area contributed by atoms with E-state index in [0.29, 0.717) is 5.92 Å². The van der Waals surface area contributed by atoms with E-state index >= 15 is 0 Å². The van der Waals surface area contributed by atoms with Crippen molar-refractivity contribution < 1.29 is 0 Å². The first-order chi connectivity index (χ1) is 7.84. The molecule has 2 unspecified atom stereocenters. The first-order valence-corrected chi connectivity index (χ1v) is 6.36. The van der Waals surface area contributed by atoms with E-state index in [1.54, 1.807) is 0 Å². The zero-order valence-corrected chi connectivity index (χ0v) is 11.5. The third-order valence-electron chi connectivity index (χ3n) is 3.79. The van der Waals surface area contributed by atoms with Gasteiger partial charge in [-0.2, -0.15) is 5.26 Å². The third-order valence-corrected chi connectivity index (χ3v) is 3.79. The first-order valence-electron chi connectivity index (χ1n) is 6.36. The highest BCUT2D eigenvalue weighted by atomic mass is 14.5. The van der Waals surface area contributed by atoms with Crippen LogP contribution in [-0.4, -0.2) is 0 Å². The summed E-state index contributed by atoms with van der Waals surface area (Å²) in [6.07, 6.45) is 1.05. The fourth-order valence-corrected chi connectivity index (χ4v) is 2.65. The summed E-state index contributed by atoms with van der Waals surface area (Å²) in [7, 11) is 0. The fraction of sp³-hybridized carbons (Fsp3) is 0.562. The Kier molecular flexibility index (Phi) is 2.78. The summed E-state index contributed by atoms with van der Waals surface area (Å²) in [6, 6.07) is 6.99. The SMILES string of the molecule is Cc1cc(C(C)(C)C)cc(C)c1C1CC1C#N. The lowest BCUT2D eigenvalue weighted by molar-refractivity contribution is 0.588. The van der Waals surface area contributed by atoms with Crippen molar-refractivity contribution in [3.05, 3.63) is 34.4 Å². The lowest BCUT2D eigenvalue weighted by Crippen LogP contribution is -2.12. The average molecular weight is 227 g/mol. The predicted octanol–water partition coefficient (Wildman–Crippen LogP) is 4.23. The molecule has 2 atom stereocenters. The van der Waals surface area contributed by atoms with Crippen LogP contribution < -0.4 is 0 Å². The van der Waals surface area contributed by atoms with Gasteiger partial charge in [0, 0.05) is 5.92 Å². The minimum atomic E-state index is 0.201.